The van der Waals surface area contributed by atoms with Gasteiger partial charge in [0.05, 0.1) is 23.5 Å². The van der Waals surface area contributed by atoms with Gasteiger partial charge in [0, 0.05) is 11.1 Å². The fourth-order valence-corrected chi connectivity index (χ4v) is 2.37. The molecule has 0 saturated heterocycles. The lowest BCUT2D eigenvalue weighted by molar-refractivity contribution is 0.416. The van der Waals surface area contributed by atoms with E-state index in [-0.39, 0.29) is 0 Å². The lowest BCUT2D eigenvalue weighted by atomic mass is 10.1. The highest BCUT2D eigenvalue weighted by Crippen LogP contribution is 2.32. The third-order valence-corrected chi connectivity index (χ3v) is 3.45. The summed E-state index contributed by atoms with van der Waals surface area (Å²) in [7, 11) is 1.66. The molecule has 0 aliphatic heterocycles. The van der Waals surface area contributed by atoms with E-state index in [0.29, 0.717) is 5.02 Å². The zero-order valence-corrected chi connectivity index (χ0v) is 11.7. The molecule has 3 aromatic rings. The summed E-state index contributed by atoms with van der Waals surface area (Å²) in [4.78, 5) is 0. The van der Waals surface area contributed by atoms with E-state index in [1.54, 1.807) is 7.11 Å². The first-order valence-electron chi connectivity index (χ1n) is 6.23. The molecule has 0 radical (unpaired) electrons. The van der Waals surface area contributed by atoms with Crippen LogP contribution in [0.25, 0.3) is 22.5 Å². The van der Waals surface area contributed by atoms with Crippen molar-refractivity contribution >= 4 is 11.6 Å². The van der Waals surface area contributed by atoms with Crippen LogP contribution < -0.4 is 4.74 Å². The Morgan fingerprint density at radius 1 is 1.00 bits per heavy atom. The summed E-state index contributed by atoms with van der Waals surface area (Å²) in [5.41, 5.74) is 3.60. The minimum absolute atomic E-state index is 0.686. The number of ether oxygens (including phenoxy) is 1. The van der Waals surface area contributed by atoms with E-state index in [1.165, 1.54) is 0 Å². The van der Waals surface area contributed by atoms with Gasteiger partial charge < -0.3 is 4.74 Å². The molecule has 0 atom stereocenters. The number of hydrogen-bond donors (Lipinski definition) is 1. The standard InChI is InChI=1S/C16H13ClN2O/c1-20-16-9-5-3-7-12(16)15-10-14(18-19-15)11-6-2-4-8-13(11)17/h2-10H,1H3,(H,18,19). The Bertz CT molecular complexity index is 737. The SMILES string of the molecule is COc1ccccc1-c1cc(-c2ccccc2Cl)n[nH]1. The highest BCUT2D eigenvalue weighted by molar-refractivity contribution is 6.33. The average Bonchev–Trinajstić information content (AvgIpc) is 2.97. The number of halogens is 1. The first-order valence-corrected chi connectivity index (χ1v) is 6.61. The van der Waals surface area contributed by atoms with Crippen LogP contribution in [0.1, 0.15) is 0 Å². The molecule has 0 spiro atoms. The zero-order valence-electron chi connectivity index (χ0n) is 10.9. The van der Waals surface area contributed by atoms with Crippen LogP contribution in [0.2, 0.25) is 5.02 Å². The summed E-state index contributed by atoms with van der Waals surface area (Å²) >= 11 is 6.19. The molecule has 2 aromatic carbocycles. The molecule has 0 aliphatic carbocycles. The van der Waals surface area contributed by atoms with Crippen LogP contribution in [0.4, 0.5) is 0 Å². The topological polar surface area (TPSA) is 37.9 Å². The smallest absolute Gasteiger partial charge is 0.128 e. The van der Waals surface area contributed by atoms with Crippen LogP contribution >= 0.6 is 11.6 Å². The minimum atomic E-state index is 0.686. The molecule has 3 rings (SSSR count). The van der Waals surface area contributed by atoms with Crippen molar-refractivity contribution in [1.29, 1.82) is 0 Å². The van der Waals surface area contributed by atoms with Gasteiger partial charge in [-0.15, -0.1) is 0 Å². The van der Waals surface area contributed by atoms with E-state index in [1.807, 2.05) is 54.6 Å². The Morgan fingerprint density at radius 3 is 2.45 bits per heavy atom. The van der Waals surface area contributed by atoms with Crippen molar-refractivity contribution in [3.05, 3.63) is 59.6 Å². The Labute approximate surface area is 122 Å². The molecule has 20 heavy (non-hydrogen) atoms. The highest BCUT2D eigenvalue weighted by atomic mass is 35.5. The van der Waals surface area contributed by atoms with Gasteiger partial charge in [0.2, 0.25) is 0 Å². The third kappa shape index (κ3) is 2.28. The fraction of sp³-hybridized carbons (Fsp3) is 0.0625. The van der Waals surface area contributed by atoms with Crippen LogP contribution in [0.5, 0.6) is 5.75 Å². The predicted octanol–water partition coefficient (Wildman–Crippen LogP) is 4.41. The molecule has 0 saturated carbocycles. The largest absolute Gasteiger partial charge is 0.496 e. The van der Waals surface area contributed by atoms with Crippen molar-refractivity contribution in [2.75, 3.05) is 7.11 Å². The highest BCUT2D eigenvalue weighted by Gasteiger charge is 2.11. The molecule has 0 bridgehead atoms. The summed E-state index contributed by atoms with van der Waals surface area (Å²) in [6.07, 6.45) is 0. The second-order valence-corrected chi connectivity index (χ2v) is 4.75. The van der Waals surface area contributed by atoms with Gasteiger partial charge in [-0.3, -0.25) is 5.10 Å². The summed E-state index contributed by atoms with van der Waals surface area (Å²) in [5, 5.41) is 8.05. The second kappa shape index (κ2) is 5.39. The van der Waals surface area contributed by atoms with E-state index >= 15 is 0 Å². The van der Waals surface area contributed by atoms with E-state index in [0.717, 1.165) is 28.3 Å². The number of aromatic amines is 1. The number of nitrogens with zero attached hydrogens (tertiary/aromatic N) is 1. The lowest BCUT2D eigenvalue weighted by Crippen LogP contribution is -1.87. The number of para-hydroxylation sites is 1. The van der Waals surface area contributed by atoms with Gasteiger partial charge in [-0.1, -0.05) is 41.9 Å². The van der Waals surface area contributed by atoms with Gasteiger partial charge in [-0.25, -0.2) is 0 Å². The number of rotatable bonds is 3. The molecule has 0 fully saturated rings. The lowest BCUT2D eigenvalue weighted by Gasteiger charge is -2.05. The van der Waals surface area contributed by atoms with Gasteiger partial charge in [0.15, 0.2) is 0 Å². The normalized spacial score (nSPS) is 10.5. The minimum Gasteiger partial charge on any atom is -0.496 e. The summed E-state index contributed by atoms with van der Waals surface area (Å²) in [5.74, 6) is 0.807. The Balaban J connectivity index is 2.05. The van der Waals surface area contributed by atoms with Crippen LogP contribution in [0.15, 0.2) is 54.6 Å². The molecule has 100 valence electrons. The van der Waals surface area contributed by atoms with E-state index in [2.05, 4.69) is 10.2 Å². The maximum absolute atomic E-state index is 6.19. The van der Waals surface area contributed by atoms with Gasteiger partial charge in [-0.05, 0) is 24.3 Å². The molecule has 0 aliphatic rings. The molecule has 1 N–H and O–H groups in total. The quantitative estimate of drug-likeness (QED) is 0.774. The van der Waals surface area contributed by atoms with Crippen molar-refractivity contribution in [3.8, 4) is 28.3 Å². The summed E-state index contributed by atoms with van der Waals surface area (Å²) in [6.45, 7) is 0. The molecular formula is C16H13ClN2O. The van der Waals surface area contributed by atoms with Crippen molar-refractivity contribution in [1.82, 2.24) is 10.2 Å². The Hall–Kier alpha value is -2.26. The first kappa shape index (κ1) is 12.8. The molecule has 1 aromatic heterocycles. The van der Waals surface area contributed by atoms with Crippen LogP contribution in [-0.4, -0.2) is 17.3 Å². The van der Waals surface area contributed by atoms with Gasteiger partial charge >= 0.3 is 0 Å². The average molecular weight is 285 g/mol. The van der Waals surface area contributed by atoms with Gasteiger partial charge in [0.25, 0.3) is 0 Å². The van der Waals surface area contributed by atoms with E-state index in [4.69, 9.17) is 16.3 Å². The van der Waals surface area contributed by atoms with Crippen LogP contribution in [0.3, 0.4) is 0 Å². The van der Waals surface area contributed by atoms with Crippen molar-refractivity contribution in [3.63, 3.8) is 0 Å². The summed E-state index contributed by atoms with van der Waals surface area (Å²) < 4.78 is 5.36. The maximum atomic E-state index is 6.19. The third-order valence-electron chi connectivity index (χ3n) is 3.12. The molecule has 1 heterocycles. The van der Waals surface area contributed by atoms with Crippen molar-refractivity contribution < 1.29 is 4.74 Å². The van der Waals surface area contributed by atoms with E-state index < -0.39 is 0 Å². The number of hydrogen-bond acceptors (Lipinski definition) is 2. The number of aromatic nitrogens is 2. The fourth-order valence-electron chi connectivity index (χ4n) is 2.13. The molecular weight excluding hydrogens is 272 g/mol. The zero-order chi connectivity index (χ0) is 13.9. The molecule has 0 amide bonds. The second-order valence-electron chi connectivity index (χ2n) is 4.35. The predicted molar refractivity (Wildman–Crippen MR) is 81.0 cm³/mol. The maximum Gasteiger partial charge on any atom is 0.128 e. The van der Waals surface area contributed by atoms with Crippen LogP contribution in [-0.2, 0) is 0 Å². The number of benzene rings is 2. The number of nitrogens with one attached hydrogen (secondary N) is 1. The first-order chi connectivity index (χ1) is 9.79. The summed E-state index contributed by atoms with van der Waals surface area (Å²) in [6, 6.07) is 17.4. The molecule has 3 nitrogen and oxygen atoms in total. The molecule has 0 unspecified atom stereocenters. The van der Waals surface area contributed by atoms with Gasteiger partial charge in [0.1, 0.15) is 5.75 Å². The molecule has 4 heteroatoms. The Morgan fingerprint density at radius 2 is 1.70 bits per heavy atom. The van der Waals surface area contributed by atoms with Crippen molar-refractivity contribution in [2.24, 2.45) is 0 Å². The van der Waals surface area contributed by atoms with Crippen LogP contribution in [0, 0.1) is 0 Å². The Kier molecular flexibility index (Phi) is 3.44. The van der Waals surface area contributed by atoms with E-state index in [9.17, 15) is 0 Å². The number of H-pyrrole nitrogens is 1. The monoisotopic (exact) mass is 284 g/mol. The van der Waals surface area contributed by atoms with Gasteiger partial charge in [-0.2, -0.15) is 5.10 Å². The number of methoxy groups -OCH3 is 1. The van der Waals surface area contributed by atoms with Crippen molar-refractivity contribution in [2.45, 2.75) is 0 Å².